The van der Waals surface area contributed by atoms with Gasteiger partial charge in [0.1, 0.15) is 18.0 Å². The SMILES string of the molecule is N#Cc1cc(F)c(NC2COc3ccccc32)c(F)c1. The first kappa shape index (κ1) is 12.4. The molecule has 20 heavy (non-hydrogen) atoms. The molecule has 1 heterocycles. The van der Waals surface area contributed by atoms with Crippen LogP contribution in [0.5, 0.6) is 5.75 Å². The van der Waals surface area contributed by atoms with E-state index in [-0.39, 0.29) is 17.3 Å². The van der Waals surface area contributed by atoms with E-state index in [9.17, 15) is 8.78 Å². The van der Waals surface area contributed by atoms with Crippen molar-refractivity contribution in [2.75, 3.05) is 11.9 Å². The van der Waals surface area contributed by atoms with E-state index in [2.05, 4.69) is 5.32 Å². The molecule has 2 aromatic carbocycles. The van der Waals surface area contributed by atoms with Gasteiger partial charge in [-0.25, -0.2) is 8.78 Å². The minimum absolute atomic E-state index is 0.0476. The number of nitriles is 1. The Labute approximate surface area is 114 Å². The summed E-state index contributed by atoms with van der Waals surface area (Å²) in [7, 11) is 0. The van der Waals surface area contributed by atoms with Crippen LogP contribution in [0.15, 0.2) is 36.4 Å². The monoisotopic (exact) mass is 272 g/mol. The molecule has 2 aromatic rings. The molecule has 3 nitrogen and oxygen atoms in total. The number of para-hydroxylation sites is 1. The minimum Gasteiger partial charge on any atom is -0.491 e. The van der Waals surface area contributed by atoms with E-state index < -0.39 is 11.6 Å². The van der Waals surface area contributed by atoms with Crippen LogP contribution in [0.2, 0.25) is 0 Å². The Hall–Kier alpha value is -2.61. The lowest BCUT2D eigenvalue weighted by atomic mass is 10.1. The summed E-state index contributed by atoms with van der Waals surface area (Å²) in [6.07, 6.45) is 0. The highest BCUT2D eigenvalue weighted by atomic mass is 19.1. The van der Waals surface area contributed by atoms with Gasteiger partial charge < -0.3 is 10.1 Å². The predicted molar refractivity (Wildman–Crippen MR) is 69.4 cm³/mol. The molecule has 0 aliphatic carbocycles. The lowest BCUT2D eigenvalue weighted by molar-refractivity contribution is 0.339. The molecule has 1 unspecified atom stereocenters. The fourth-order valence-corrected chi connectivity index (χ4v) is 2.23. The average molecular weight is 272 g/mol. The molecule has 3 rings (SSSR count). The van der Waals surface area contributed by atoms with Crippen LogP contribution in [0.25, 0.3) is 0 Å². The molecule has 1 aliphatic heterocycles. The summed E-state index contributed by atoms with van der Waals surface area (Å²) in [5.74, 6) is -0.865. The van der Waals surface area contributed by atoms with E-state index >= 15 is 0 Å². The Balaban J connectivity index is 1.92. The van der Waals surface area contributed by atoms with Crippen LogP contribution < -0.4 is 10.1 Å². The Morgan fingerprint density at radius 2 is 1.90 bits per heavy atom. The van der Waals surface area contributed by atoms with E-state index in [0.29, 0.717) is 12.4 Å². The molecular weight excluding hydrogens is 262 g/mol. The Morgan fingerprint density at radius 3 is 2.60 bits per heavy atom. The molecule has 0 saturated heterocycles. The number of hydrogen-bond acceptors (Lipinski definition) is 3. The quantitative estimate of drug-likeness (QED) is 0.911. The number of halogens is 2. The summed E-state index contributed by atoms with van der Waals surface area (Å²) in [6, 6.07) is 10.7. The van der Waals surface area contributed by atoms with Crippen molar-refractivity contribution in [1.29, 1.82) is 5.26 Å². The molecule has 0 radical (unpaired) electrons. The predicted octanol–water partition coefficient (Wildman–Crippen LogP) is 3.38. The summed E-state index contributed by atoms with van der Waals surface area (Å²) in [5, 5.41) is 11.5. The summed E-state index contributed by atoms with van der Waals surface area (Å²) >= 11 is 0. The number of benzene rings is 2. The van der Waals surface area contributed by atoms with E-state index in [1.807, 2.05) is 24.3 Å². The van der Waals surface area contributed by atoms with Crippen molar-refractivity contribution < 1.29 is 13.5 Å². The molecule has 5 heteroatoms. The zero-order valence-electron chi connectivity index (χ0n) is 10.4. The molecule has 100 valence electrons. The summed E-state index contributed by atoms with van der Waals surface area (Å²) in [5.41, 5.74) is 0.568. The third-order valence-electron chi connectivity index (χ3n) is 3.19. The molecule has 0 aromatic heterocycles. The highest BCUT2D eigenvalue weighted by molar-refractivity contribution is 5.54. The van der Waals surface area contributed by atoms with E-state index in [0.717, 1.165) is 17.7 Å². The maximum Gasteiger partial charge on any atom is 0.150 e. The van der Waals surface area contributed by atoms with E-state index in [1.54, 1.807) is 6.07 Å². The number of anilines is 1. The molecule has 0 saturated carbocycles. The Bertz CT molecular complexity index is 686. The van der Waals surface area contributed by atoms with Gasteiger partial charge >= 0.3 is 0 Å². The lowest BCUT2D eigenvalue weighted by Crippen LogP contribution is -2.14. The van der Waals surface area contributed by atoms with Crippen LogP contribution in [-0.2, 0) is 0 Å². The first-order valence-corrected chi connectivity index (χ1v) is 6.06. The van der Waals surface area contributed by atoms with E-state index in [4.69, 9.17) is 10.00 Å². The van der Waals surface area contributed by atoms with Crippen molar-refractivity contribution in [3.05, 3.63) is 59.2 Å². The smallest absolute Gasteiger partial charge is 0.150 e. The second-order valence-electron chi connectivity index (χ2n) is 4.47. The Morgan fingerprint density at radius 1 is 1.20 bits per heavy atom. The number of nitrogens with zero attached hydrogens (tertiary/aromatic N) is 1. The van der Waals surface area contributed by atoms with Crippen LogP contribution >= 0.6 is 0 Å². The normalized spacial score (nSPS) is 16.1. The standard InChI is InChI=1S/C15H10F2N2O/c16-11-5-9(7-18)6-12(17)15(11)19-13-8-20-14-4-2-1-3-10(13)14/h1-6,13,19H,8H2. The van der Waals surface area contributed by atoms with Crippen LogP contribution in [0, 0.1) is 23.0 Å². The van der Waals surface area contributed by atoms with Gasteiger partial charge in [-0.2, -0.15) is 5.26 Å². The molecular formula is C15H10F2N2O. The topological polar surface area (TPSA) is 45.0 Å². The van der Waals surface area contributed by atoms with Crippen LogP contribution in [0.4, 0.5) is 14.5 Å². The van der Waals surface area contributed by atoms with Gasteiger partial charge in [0.2, 0.25) is 0 Å². The fraction of sp³-hybridized carbons (Fsp3) is 0.133. The van der Waals surface area contributed by atoms with Gasteiger partial charge in [-0.05, 0) is 18.2 Å². The van der Waals surface area contributed by atoms with Crippen LogP contribution in [0.1, 0.15) is 17.2 Å². The van der Waals surface area contributed by atoms with Gasteiger partial charge in [0.05, 0.1) is 17.7 Å². The minimum atomic E-state index is -0.786. The first-order chi connectivity index (χ1) is 9.69. The highest BCUT2D eigenvalue weighted by Crippen LogP contribution is 2.35. The summed E-state index contributed by atoms with van der Waals surface area (Å²) in [6.45, 7) is 0.304. The molecule has 0 spiro atoms. The molecule has 1 aliphatic rings. The zero-order chi connectivity index (χ0) is 14.1. The maximum atomic E-state index is 13.8. The number of fused-ring (bicyclic) bond motifs is 1. The zero-order valence-corrected chi connectivity index (χ0v) is 10.4. The molecule has 0 amide bonds. The summed E-state index contributed by atoms with van der Waals surface area (Å²) < 4.78 is 33.1. The van der Waals surface area contributed by atoms with Gasteiger partial charge in [-0.15, -0.1) is 0 Å². The van der Waals surface area contributed by atoms with E-state index in [1.165, 1.54) is 0 Å². The number of ether oxygens (including phenoxy) is 1. The van der Waals surface area contributed by atoms with Crippen molar-refractivity contribution in [1.82, 2.24) is 0 Å². The van der Waals surface area contributed by atoms with Gasteiger partial charge in [0.25, 0.3) is 0 Å². The molecule has 0 bridgehead atoms. The van der Waals surface area contributed by atoms with Crippen molar-refractivity contribution in [3.63, 3.8) is 0 Å². The van der Waals surface area contributed by atoms with Gasteiger partial charge in [0.15, 0.2) is 11.6 Å². The fourth-order valence-electron chi connectivity index (χ4n) is 2.23. The number of nitrogens with one attached hydrogen (secondary N) is 1. The van der Waals surface area contributed by atoms with Crippen molar-refractivity contribution >= 4 is 5.69 Å². The number of rotatable bonds is 2. The van der Waals surface area contributed by atoms with Crippen LogP contribution in [0.3, 0.4) is 0 Å². The second kappa shape index (κ2) is 4.82. The lowest BCUT2D eigenvalue weighted by Gasteiger charge is -2.14. The van der Waals surface area contributed by atoms with Gasteiger partial charge in [-0.1, -0.05) is 18.2 Å². The van der Waals surface area contributed by atoms with Gasteiger partial charge in [-0.3, -0.25) is 0 Å². The largest absolute Gasteiger partial charge is 0.491 e. The van der Waals surface area contributed by atoms with Crippen molar-refractivity contribution in [2.24, 2.45) is 0 Å². The van der Waals surface area contributed by atoms with Crippen LogP contribution in [-0.4, -0.2) is 6.61 Å². The average Bonchev–Trinajstić information content (AvgIpc) is 2.86. The van der Waals surface area contributed by atoms with Crippen molar-refractivity contribution in [2.45, 2.75) is 6.04 Å². The number of hydrogen-bond donors (Lipinski definition) is 1. The third-order valence-corrected chi connectivity index (χ3v) is 3.19. The second-order valence-corrected chi connectivity index (χ2v) is 4.47. The Kier molecular flexibility index (Phi) is 2.99. The third kappa shape index (κ3) is 2.05. The molecule has 1 atom stereocenters. The molecule has 0 fully saturated rings. The summed E-state index contributed by atoms with van der Waals surface area (Å²) in [4.78, 5) is 0. The molecule has 1 N–H and O–H groups in total. The van der Waals surface area contributed by atoms with Gasteiger partial charge in [0, 0.05) is 5.56 Å². The maximum absolute atomic E-state index is 13.8. The highest BCUT2D eigenvalue weighted by Gasteiger charge is 2.25. The first-order valence-electron chi connectivity index (χ1n) is 6.06. The van der Waals surface area contributed by atoms with Crippen molar-refractivity contribution in [3.8, 4) is 11.8 Å².